The SMILES string of the molecule is COCCNCCNC(=O)c1ccc(CNC(=O)NC(C)C)cc1. The van der Waals surface area contributed by atoms with E-state index >= 15 is 0 Å². The summed E-state index contributed by atoms with van der Waals surface area (Å²) < 4.78 is 4.92. The van der Waals surface area contributed by atoms with Gasteiger partial charge in [-0.25, -0.2) is 4.79 Å². The molecule has 7 nitrogen and oxygen atoms in total. The standard InChI is InChI=1S/C17H28N4O3/c1-13(2)21-17(23)20-12-14-4-6-15(7-5-14)16(22)19-9-8-18-10-11-24-3/h4-7,13,18H,8-12H2,1-3H3,(H,19,22)(H2,20,21,23). The van der Waals surface area contributed by atoms with Crippen molar-refractivity contribution in [3.05, 3.63) is 35.4 Å². The predicted molar refractivity (Wildman–Crippen MR) is 94.0 cm³/mol. The summed E-state index contributed by atoms with van der Waals surface area (Å²) in [5.41, 5.74) is 1.54. The molecule has 0 saturated carbocycles. The lowest BCUT2D eigenvalue weighted by molar-refractivity contribution is 0.0953. The van der Waals surface area contributed by atoms with Crippen molar-refractivity contribution < 1.29 is 14.3 Å². The van der Waals surface area contributed by atoms with Gasteiger partial charge in [0.2, 0.25) is 0 Å². The molecule has 0 heterocycles. The molecule has 0 unspecified atom stereocenters. The number of rotatable bonds is 10. The third kappa shape index (κ3) is 8.50. The highest BCUT2D eigenvalue weighted by Crippen LogP contribution is 2.04. The molecule has 134 valence electrons. The summed E-state index contributed by atoms with van der Waals surface area (Å²) >= 11 is 0. The molecule has 0 aromatic heterocycles. The zero-order chi connectivity index (χ0) is 17.8. The van der Waals surface area contributed by atoms with E-state index in [2.05, 4.69) is 21.3 Å². The number of methoxy groups -OCH3 is 1. The van der Waals surface area contributed by atoms with Crippen molar-refractivity contribution >= 4 is 11.9 Å². The largest absolute Gasteiger partial charge is 0.383 e. The molecule has 0 aliphatic heterocycles. The number of amides is 3. The Kier molecular flexibility index (Phi) is 9.48. The molecule has 1 aromatic carbocycles. The number of hydrogen-bond donors (Lipinski definition) is 4. The average molecular weight is 336 g/mol. The molecule has 0 spiro atoms. The van der Waals surface area contributed by atoms with Gasteiger partial charge in [0.15, 0.2) is 0 Å². The first-order chi connectivity index (χ1) is 11.5. The highest BCUT2D eigenvalue weighted by Gasteiger charge is 2.06. The van der Waals surface area contributed by atoms with Crippen molar-refractivity contribution in [2.45, 2.75) is 26.4 Å². The Morgan fingerprint density at radius 1 is 1.04 bits per heavy atom. The Labute approximate surface area is 143 Å². The van der Waals surface area contributed by atoms with E-state index < -0.39 is 0 Å². The topological polar surface area (TPSA) is 91.5 Å². The second kappa shape index (κ2) is 11.4. The summed E-state index contributed by atoms with van der Waals surface area (Å²) in [5.74, 6) is -0.111. The van der Waals surface area contributed by atoms with Crippen LogP contribution in [0.1, 0.15) is 29.8 Å². The predicted octanol–water partition coefficient (Wildman–Crippen LogP) is 0.860. The molecule has 0 atom stereocenters. The maximum Gasteiger partial charge on any atom is 0.315 e. The number of carbonyl (C=O) groups is 2. The number of carbonyl (C=O) groups excluding carboxylic acids is 2. The van der Waals surface area contributed by atoms with E-state index in [0.717, 1.165) is 12.1 Å². The van der Waals surface area contributed by atoms with E-state index in [0.29, 0.717) is 31.8 Å². The van der Waals surface area contributed by atoms with Crippen LogP contribution >= 0.6 is 0 Å². The van der Waals surface area contributed by atoms with Crippen molar-refractivity contribution in [3.8, 4) is 0 Å². The Morgan fingerprint density at radius 2 is 1.75 bits per heavy atom. The van der Waals surface area contributed by atoms with Gasteiger partial charge in [0.05, 0.1) is 6.61 Å². The van der Waals surface area contributed by atoms with Crippen LogP contribution in [0.4, 0.5) is 4.79 Å². The van der Waals surface area contributed by atoms with Crippen molar-refractivity contribution in [1.82, 2.24) is 21.3 Å². The summed E-state index contributed by atoms with van der Waals surface area (Å²) in [7, 11) is 1.65. The van der Waals surface area contributed by atoms with Gasteiger partial charge in [0, 0.05) is 44.9 Å². The molecular weight excluding hydrogens is 308 g/mol. The van der Waals surface area contributed by atoms with Gasteiger partial charge < -0.3 is 26.0 Å². The zero-order valence-electron chi connectivity index (χ0n) is 14.6. The second-order valence-corrected chi connectivity index (χ2v) is 5.68. The van der Waals surface area contributed by atoms with E-state index in [1.165, 1.54) is 0 Å². The van der Waals surface area contributed by atoms with E-state index in [-0.39, 0.29) is 18.0 Å². The quantitative estimate of drug-likeness (QED) is 0.477. The van der Waals surface area contributed by atoms with Gasteiger partial charge in [0.25, 0.3) is 5.91 Å². The first kappa shape index (κ1) is 19.9. The monoisotopic (exact) mass is 336 g/mol. The number of nitrogens with one attached hydrogen (secondary N) is 4. The summed E-state index contributed by atoms with van der Waals surface area (Å²) in [4.78, 5) is 23.5. The smallest absolute Gasteiger partial charge is 0.315 e. The van der Waals surface area contributed by atoms with Gasteiger partial charge in [0.1, 0.15) is 0 Å². The molecule has 24 heavy (non-hydrogen) atoms. The molecule has 0 radical (unpaired) electrons. The van der Waals surface area contributed by atoms with Crippen LogP contribution in [0.15, 0.2) is 24.3 Å². The van der Waals surface area contributed by atoms with Gasteiger partial charge in [-0.05, 0) is 31.5 Å². The van der Waals surface area contributed by atoms with Crippen LogP contribution in [-0.4, -0.2) is 51.3 Å². The first-order valence-corrected chi connectivity index (χ1v) is 8.14. The molecule has 4 N–H and O–H groups in total. The fourth-order valence-corrected chi connectivity index (χ4v) is 1.94. The van der Waals surface area contributed by atoms with Crippen molar-refractivity contribution in [2.24, 2.45) is 0 Å². The highest BCUT2D eigenvalue weighted by atomic mass is 16.5. The van der Waals surface area contributed by atoms with Gasteiger partial charge in [-0.15, -0.1) is 0 Å². The Balaban J connectivity index is 2.30. The molecule has 0 aliphatic carbocycles. The summed E-state index contributed by atoms with van der Waals surface area (Å²) in [6.45, 7) is 6.89. The number of hydrogen-bond acceptors (Lipinski definition) is 4. The fraction of sp³-hybridized carbons (Fsp3) is 0.529. The minimum Gasteiger partial charge on any atom is -0.383 e. The van der Waals surface area contributed by atoms with Gasteiger partial charge in [-0.1, -0.05) is 12.1 Å². The van der Waals surface area contributed by atoms with Crippen molar-refractivity contribution in [3.63, 3.8) is 0 Å². The summed E-state index contributed by atoms with van der Waals surface area (Å²) in [6.07, 6.45) is 0. The van der Waals surface area contributed by atoms with Gasteiger partial charge >= 0.3 is 6.03 Å². The van der Waals surface area contributed by atoms with E-state index in [4.69, 9.17) is 4.74 Å². The van der Waals surface area contributed by atoms with E-state index in [9.17, 15) is 9.59 Å². The lowest BCUT2D eigenvalue weighted by Crippen LogP contribution is -2.39. The Hall–Kier alpha value is -2.12. The zero-order valence-corrected chi connectivity index (χ0v) is 14.6. The van der Waals surface area contributed by atoms with Crippen LogP contribution in [0, 0.1) is 0 Å². The maximum atomic E-state index is 12.0. The van der Waals surface area contributed by atoms with E-state index in [1.54, 1.807) is 19.2 Å². The molecular formula is C17H28N4O3. The first-order valence-electron chi connectivity index (χ1n) is 8.14. The van der Waals surface area contributed by atoms with Crippen molar-refractivity contribution in [1.29, 1.82) is 0 Å². The molecule has 0 saturated heterocycles. The number of ether oxygens (including phenoxy) is 1. The molecule has 7 heteroatoms. The lowest BCUT2D eigenvalue weighted by Gasteiger charge is -2.10. The van der Waals surface area contributed by atoms with Crippen LogP contribution in [0.2, 0.25) is 0 Å². The number of urea groups is 1. The molecule has 3 amide bonds. The second-order valence-electron chi connectivity index (χ2n) is 5.68. The van der Waals surface area contributed by atoms with Crippen LogP contribution in [0.3, 0.4) is 0 Å². The molecule has 1 aromatic rings. The summed E-state index contributed by atoms with van der Waals surface area (Å²) in [6, 6.07) is 7.08. The average Bonchev–Trinajstić information content (AvgIpc) is 2.56. The van der Waals surface area contributed by atoms with E-state index in [1.807, 2.05) is 26.0 Å². The van der Waals surface area contributed by atoms with Crippen LogP contribution < -0.4 is 21.3 Å². The van der Waals surface area contributed by atoms with Gasteiger partial charge in [-0.2, -0.15) is 0 Å². The maximum absolute atomic E-state index is 12.0. The fourth-order valence-electron chi connectivity index (χ4n) is 1.94. The third-order valence-corrected chi connectivity index (χ3v) is 3.16. The van der Waals surface area contributed by atoms with Crippen LogP contribution in [0.25, 0.3) is 0 Å². The lowest BCUT2D eigenvalue weighted by atomic mass is 10.1. The molecule has 0 fully saturated rings. The molecule has 1 rings (SSSR count). The minimum atomic E-state index is -0.201. The summed E-state index contributed by atoms with van der Waals surface area (Å²) in [5, 5.41) is 11.5. The van der Waals surface area contributed by atoms with Crippen molar-refractivity contribution in [2.75, 3.05) is 33.4 Å². The number of benzene rings is 1. The Morgan fingerprint density at radius 3 is 2.38 bits per heavy atom. The minimum absolute atomic E-state index is 0.0973. The van der Waals surface area contributed by atoms with Crippen LogP contribution in [-0.2, 0) is 11.3 Å². The van der Waals surface area contributed by atoms with Crippen LogP contribution in [0.5, 0.6) is 0 Å². The molecule has 0 aliphatic rings. The Bertz CT molecular complexity index is 503. The van der Waals surface area contributed by atoms with Gasteiger partial charge in [-0.3, -0.25) is 4.79 Å². The normalized spacial score (nSPS) is 10.5. The third-order valence-electron chi connectivity index (χ3n) is 3.16. The highest BCUT2D eigenvalue weighted by molar-refractivity contribution is 5.94. The molecule has 0 bridgehead atoms.